The summed E-state index contributed by atoms with van der Waals surface area (Å²) in [5, 5.41) is 12.5. The number of benzene rings is 2. The van der Waals surface area contributed by atoms with Gasteiger partial charge in [-0.25, -0.2) is 4.39 Å². The van der Waals surface area contributed by atoms with E-state index < -0.39 is 11.7 Å². The highest BCUT2D eigenvalue weighted by molar-refractivity contribution is 6.35. The molecule has 2 aromatic heterocycles. The molecule has 3 heterocycles. The number of furan rings is 1. The average Bonchev–Trinajstić information content (AvgIpc) is 3.22. The number of rotatable bonds is 3. The topological polar surface area (TPSA) is 73.0 Å². The molecule has 8 heteroatoms. The van der Waals surface area contributed by atoms with Crippen molar-refractivity contribution in [2.24, 2.45) is 0 Å². The molecular weight excluding hydrogens is 419 g/mol. The van der Waals surface area contributed by atoms with Crippen molar-refractivity contribution in [3.63, 3.8) is 0 Å². The van der Waals surface area contributed by atoms with E-state index in [1.165, 1.54) is 12.1 Å². The van der Waals surface area contributed by atoms with Crippen LogP contribution >= 0.6 is 11.6 Å². The lowest BCUT2D eigenvalue weighted by atomic mass is 10.1. The van der Waals surface area contributed by atoms with E-state index in [-0.39, 0.29) is 5.76 Å². The summed E-state index contributed by atoms with van der Waals surface area (Å²) in [7, 11) is 0. The van der Waals surface area contributed by atoms with Gasteiger partial charge in [0.2, 0.25) is 0 Å². The lowest BCUT2D eigenvalue weighted by Gasteiger charge is -2.10. The molecule has 6 nitrogen and oxygen atoms in total. The molecule has 158 valence electrons. The van der Waals surface area contributed by atoms with Crippen molar-refractivity contribution < 1.29 is 13.6 Å². The Morgan fingerprint density at radius 1 is 1.19 bits per heavy atom. The SMILES string of the molecule is Cc1c(C(=O)Nc2ccc(F)c(-c3nnc4n3CCCCC4)c2)oc2c(Cl)cccc12. The van der Waals surface area contributed by atoms with E-state index >= 15 is 0 Å². The molecule has 0 radical (unpaired) electrons. The van der Waals surface area contributed by atoms with Gasteiger partial charge in [0.05, 0.1) is 10.6 Å². The number of nitrogens with zero attached hydrogens (tertiary/aromatic N) is 3. The molecule has 2 aromatic carbocycles. The summed E-state index contributed by atoms with van der Waals surface area (Å²) in [6, 6.07) is 9.79. The van der Waals surface area contributed by atoms with E-state index in [4.69, 9.17) is 16.0 Å². The van der Waals surface area contributed by atoms with Crippen LogP contribution in [0.2, 0.25) is 5.02 Å². The third-order valence-corrected chi connectivity index (χ3v) is 5.99. The lowest BCUT2D eigenvalue weighted by Crippen LogP contribution is -2.12. The van der Waals surface area contributed by atoms with Crippen LogP contribution in [0, 0.1) is 12.7 Å². The monoisotopic (exact) mass is 438 g/mol. The molecule has 1 N–H and O–H groups in total. The van der Waals surface area contributed by atoms with Crippen LogP contribution in [0.1, 0.15) is 41.2 Å². The Hall–Kier alpha value is -3.19. The van der Waals surface area contributed by atoms with E-state index in [9.17, 15) is 9.18 Å². The van der Waals surface area contributed by atoms with E-state index in [0.717, 1.165) is 43.4 Å². The molecule has 0 fully saturated rings. The third-order valence-electron chi connectivity index (χ3n) is 5.70. The van der Waals surface area contributed by atoms with Crippen molar-refractivity contribution in [3.8, 4) is 11.4 Å². The first-order valence-corrected chi connectivity index (χ1v) is 10.6. The Bertz CT molecular complexity index is 1310. The first kappa shape index (κ1) is 19.8. The van der Waals surface area contributed by atoms with Gasteiger partial charge in [-0.15, -0.1) is 10.2 Å². The first-order chi connectivity index (χ1) is 15.0. The van der Waals surface area contributed by atoms with Gasteiger partial charge in [-0.3, -0.25) is 4.79 Å². The zero-order valence-corrected chi connectivity index (χ0v) is 17.7. The normalized spacial score (nSPS) is 13.8. The number of halogens is 2. The van der Waals surface area contributed by atoms with Gasteiger partial charge in [-0.1, -0.05) is 30.2 Å². The van der Waals surface area contributed by atoms with Crippen molar-refractivity contribution in [3.05, 3.63) is 64.4 Å². The number of aryl methyl sites for hydroxylation is 2. The Morgan fingerprint density at radius 3 is 2.90 bits per heavy atom. The maximum atomic E-state index is 14.7. The van der Waals surface area contributed by atoms with Crippen molar-refractivity contribution >= 4 is 34.2 Å². The molecule has 5 rings (SSSR count). The van der Waals surface area contributed by atoms with Gasteiger partial charge >= 0.3 is 0 Å². The number of aromatic nitrogens is 3. The minimum atomic E-state index is -0.428. The maximum absolute atomic E-state index is 14.7. The van der Waals surface area contributed by atoms with Crippen LogP contribution in [0.25, 0.3) is 22.4 Å². The molecule has 1 aliphatic rings. The second-order valence-electron chi connectivity index (χ2n) is 7.72. The Labute approximate surface area is 183 Å². The summed E-state index contributed by atoms with van der Waals surface area (Å²) in [5.74, 6) is 0.685. The fraction of sp³-hybridized carbons (Fsp3) is 0.261. The van der Waals surface area contributed by atoms with Gasteiger partial charge in [0.25, 0.3) is 5.91 Å². The Kier molecular flexibility index (Phi) is 4.98. The van der Waals surface area contributed by atoms with Gasteiger partial charge in [0.1, 0.15) is 11.6 Å². The maximum Gasteiger partial charge on any atom is 0.291 e. The molecule has 0 bridgehead atoms. The Balaban J connectivity index is 1.48. The molecule has 1 aliphatic heterocycles. The minimum absolute atomic E-state index is 0.172. The van der Waals surface area contributed by atoms with Crippen molar-refractivity contribution in [2.45, 2.75) is 39.2 Å². The number of para-hydroxylation sites is 1. The molecule has 0 spiro atoms. The van der Waals surface area contributed by atoms with Crippen LogP contribution in [-0.2, 0) is 13.0 Å². The molecule has 0 unspecified atom stereocenters. The highest BCUT2D eigenvalue weighted by atomic mass is 35.5. The number of carbonyl (C=O) groups excluding carboxylic acids is 1. The summed E-state index contributed by atoms with van der Waals surface area (Å²) in [6.07, 6.45) is 4.00. The van der Waals surface area contributed by atoms with Crippen LogP contribution in [0.4, 0.5) is 10.1 Å². The number of hydrogen-bond donors (Lipinski definition) is 1. The number of carbonyl (C=O) groups is 1. The largest absolute Gasteiger partial charge is 0.449 e. The summed E-state index contributed by atoms with van der Waals surface area (Å²) < 4.78 is 22.4. The van der Waals surface area contributed by atoms with E-state index in [0.29, 0.717) is 33.2 Å². The van der Waals surface area contributed by atoms with Crippen LogP contribution < -0.4 is 5.32 Å². The second kappa shape index (κ2) is 7.81. The summed E-state index contributed by atoms with van der Waals surface area (Å²) >= 11 is 6.19. The molecule has 0 saturated carbocycles. The number of fused-ring (bicyclic) bond motifs is 2. The van der Waals surface area contributed by atoms with Gasteiger partial charge in [0, 0.05) is 29.6 Å². The number of hydrogen-bond acceptors (Lipinski definition) is 4. The molecule has 31 heavy (non-hydrogen) atoms. The second-order valence-corrected chi connectivity index (χ2v) is 8.13. The number of anilines is 1. The third kappa shape index (κ3) is 3.49. The van der Waals surface area contributed by atoms with Crippen LogP contribution in [-0.4, -0.2) is 20.7 Å². The molecular formula is C23H20ClFN4O2. The van der Waals surface area contributed by atoms with Gasteiger partial charge in [-0.05, 0) is 44.0 Å². The summed E-state index contributed by atoms with van der Waals surface area (Å²) in [5.41, 5.74) is 1.92. The van der Waals surface area contributed by atoms with E-state index in [1.54, 1.807) is 19.1 Å². The highest BCUT2D eigenvalue weighted by Crippen LogP contribution is 2.32. The van der Waals surface area contributed by atoms with Gasteiger partial charge < -0.3 is 14.3 Å². The van der Waals surface area contributed by atoms with E-state index in [2.05, 4.69) is 15.5 Å². The van der Waals surface area contributed by atoms with Crippen LogP contribution in [0.3, 0.4) is 0 Å². The zero-order valence-electron chi connectivity index (χ0n) is 16.9. The minimum Gasteiger partial charge on any atom is -0.449 e. The van der Waals surface area contributed by atoms with Crippen LogP contribution in [0.5, 0.6) is 0 Å². The van der Waals surface area contributed by atoms with Gasteiger partial charge in [-0.2, -0.15) is 0 Å². The van der Waals surface area contributed by atoms with Crippen LogP contribution in [0.15, 0.2) is 40.8 Å². The lowest BCUT2D eigenvalue weighted by molar-refractivity contribution is 0.0998. The quantitative estimate of drug-likeness (QED) is 0.440. The summed E-state index contributed by atoms with van der Waals surface area (Å²) in [4.78, 5) is 12.9. The summed E-state index contributed by atoms with van der Waals surface area (Å²) in [6.45, 7) is 2.56. The molecule has 0 saturated heterocycles. The predicted molar refractivity (Wildman–Crippen MR) is 117 cm³/mol. The predicted octanol–water partition coefficient (Wildman–Crippen LogP) is 5.77. The molecule has 0 aliphatic carbocycles. The van der Waals surface area contributed by atoms with E-state index in [1.807, 2.05) is 16.7 Å². The molecule has 0 atom stereocenters. The smallest absolute Gasteiger partial charge is 0.291 e. The zero-order chi connectivity index (χ0) is 21.5. The highest BCUT2D eigenvalue weighted by Gasteiger charge is 2.22. The molecule has 4 aromatic rings. The first-order valence-electron chi connectivity index (χ1n) is 10.2. The fourth-order valence-electron chi connectivity index (χ4n) is 4.07. The van der Waals surface area contributed by atoms with Gasteiger partial charge in [0.15, 0.2) is 17.2 Å². The fourth-order valence-corrected chi connectivity index (χ4v) is 4.29. The number of amides is 1. The molecule has 1 amide bonds. The number of nitrogens with one attached hydrogen (secondary N) is 1. The Morgan fingerprint density at radius 2 is 2.06 bits per heavy atom. The van der Waals surface area contributed by atoms with Crippen molar-refractivity contribution in [2.75, 3.05) is 5.32 Å². The van der Waals surface area contributed by atoms with Crippen molar-refractivity contribution in [1.29, 1.82) is 0 Å². The standard InChI is InChI=1S/C23H20ClFN4O2/c1-13-15-6-5-7-17(24)21(15)31-20(13)23(30)26-14-9-10-18(25)16(12-14)22-28-27-19-8-3-2-4-11-29(19)22/h5-7,9-10,12H,2-4,8,11H2,1H3,(H,26,30). The average molecular weight is 439 g/mol. The van der Waals surface area contributed by atoms with Crippen molar-refractivity contribution in [1.82, 2.24) is 14.8 Å².